The minimum absolute atomic E-state index is 0.0799. The molecule has 0 radical (unpaired) electrons. The van der Waals surface area contributed by atoms with Gasteiger partial charge in [-0.1, -0.05) is 0 Å². The second-order valence-electron chi connectivity index (χ2n) is 10.4. The Kier molecular flexibility index (Phi) is 9.66. The highest BCUT2D eigenvalue weighted by atomic mass is 32.2. The van der Waals surface area contributed by atoms with Crippen LogP contribution in [-0.4, -0.2) is 67.9 Å². The van der Waals surface area contributed by atoms with Crippen molar-refractivity contribution in [1.82, 2.24) is 24.4 Å². The maximum absolute atomic E-state index is 12.9. The monoisotopic (exact) mass is 596 g/mol. The van der Waals surface area contributed by atoms with E-state index in [1.54, 1.807) is 65.4 Å². The lowest BCUT2D eigenvalue weighted by atomic mass is 10.1. The number of nitrogens with one attached hydrogen (secondary N) is 3. The summed E-state index contributed by atoms with van der Waals surface area (Å²) in [5, 5.41) is 5.83. The minimum Gasteiger partial charge on any atom is -0.497 e. The second kappa shape index (κ2) is 13.2. The van der Waals surface area contributed by atoms with Gasteiger partial charge in [0.25, 0.3) is 0 Å². The van der Waals surface area contributed by atoms with Crippen LogP contribution in [0.5, 0.6) is 5.75 Å². The predicted octanol–water partition coefficient (Wildman–Crippen LogP) is 4.28. The molecule has 42 heavy (non-hydrogen) atoms. The first kappa shape index (κ1) is 30.8. The van der Waals surface area contributed by atoms with Crippen molar-refractivity contribution >= 4 is 33.3 Å². The molecule has 224 valence electrons. The number of carbonyl (C=O) groups is 1. The van der Waals surface area contributed by atoms with E-state index in [1.165, 1.54) is 0 Å². The molecule has 0 bridgehead atoms. The van der Waals surface area contributed by atoms with Crippen LogP contribution < -0.4 is 20.1 Å². The summed E-state index contributed by atoms with van der Waals surface area (Å²) in [5.41, 5.74) is 3.14. The van der Waals surface area contributed by atoms with E-state index in [4.69, 9.17) is 14.2 Å². The summed E-state index contributed by atoms with van der Waals surface area (Å²) >= 11 is 0. The number of aromatic nitrogens is 3. The van der Waals surface area contributed by atoms with Crippen LogP contribution in [-0.2, 0) is 19.5 Å². The van der Waals surface area contributed by atoms with E-state index in [0.29, 0.717) is 22.7 Å². The van der Waals surface area contributed by atoms with E-state index in [9.17, 15) is 13.2 Å². The first-order valence-electron chi connectivity index (χ1n) is 13.4. The van der Waals surface area contributed by atoms with Gasteiger partial charge >= 0.3 is 6.09 Å². The molecule has 0 fully saturated rings. The molecule has 0 atom stereocenters. The number of alkyl carbamates (subject to hydrolysis) is 1. The number of anilines is 2. The van der Waals surface area contributed by atoms with E-state index in [2.05, 4.69) is 25.3 Å². The van der Waals surface area contributed by atoms with Crippen LogP contribution in [0.3, 0.4) is 0 Å². The smallest absolute Gasteiger partial charge is 0.407 e. The van der Waals surface area contributed by atoms with E-state index < -0.39 is 21.7 Å². The number of imidazole rings is 1. The lowest BCUT2D eigenvalue weighted by Gasteiger charge is -2.19. The van der Waals surface area contributed by atoms with Gasteiger partial charge in [0.15, 0.2) is 11.5 Å². The van der Waals surface area contributed by atoms with Crippen LogP contribution in [0.15, 0.2) is 66.0 Å². The zero-order valence-corrected chi connectivity index (χ0v) is 25.1. The van der Waals surface area contributed by atoms with Gasteiger partial charge in [0.1, 0.15) is 11.4 Å². The molecule has 2 heterocycles. The number of aryl methyl sites for hydroxylation is 1. The number of methoxy groups -OCH3 is 1. The molecular weight excluding hydrogens is 560 g/mol. The van der Waals surface area contributed by atoms with E-state index in [1.807, 2.05) is 34.9 Å². The quantitative estimate of drug-likeness (QED) is 0.204. The van der Waals surface area contributed by atoms with Crippen LogP contribution >= 0.6 is 0 Å². The van der Waals surface area contributed by atoms with Gasteiger partial charge in [-0.3, -0.25) is 4.40 Å². The van der Waals surface area contributed by atoms with Crippen LogP contribution in [0, 0.1) is 6.92 Å². The van der Waals surface area contributed by atoms with Crippen molar-refractivity contribution in [3.8, 4) is 17.0 Å². The number of fused-ring (bicyclic) bond motifs is 1. The number of nitrogens with zero attached hydrogens (tertiary/aromatic N) is 3. The van der Waals surface area contributed by atoms with Crippen molar-refractivity contribution < 1.29 is 27.4 Å². The Balaban J connectivity index is 1.33. The average Bonchev–Trinajstić information content (AvgIpc) is 3.37. The van der Waals surface area contributed by atoms with Gasteiger partial charge in [0, 0.05) is 36.7 Å². The molecule has 2 aromatic heterocycles. The molecule has 1 amide bonds. The summed E-state index contributed by atoms with van der Waals surface area (Å²) in [7, 11) is -2.14. The van der Waals surface area contributed by atoms with Gasteiger partial charge in [0.05, 0.1) is 37.1 Å². The Morgan fingerprint density at radius 1 is 1.02 bits per heavy atom. The topological polar surface area (TPSA) is 145 Å². The van der Waals surface area contributed by atoms with E-state index >= 15 is 0 Å². The van der Waals surface area contributed by atoms with Gasteiger partial charge < -0.3 is 24.8 Å². The highest BCUT2D eigenvalue weighted by Crippen LogP contribution is 2.27. The summed E-state index contributed by atoms with van der Waals surface area (Å²) in [4.78, 5) is 20.8. The average molecular weight is 597 g/mol. The number of rotatable bonds is 12. The maximum Gasteiger partial charge on any atom is 0.407 e. The molecule has 0 aliphatic heterocycles. The molecule has 0 aliphatic carbocycles. The van der Waals surface area contributed by atoms with Crippen molar-refractivity contribution in [2.75, 3.05) is 38.7 Å². The zero-order chi connectivity index (χ0) is 30.3. The minimum atomic E-state index is -3.76. The molecular formula is C29H36N6O6S. The molecule has 13 heteroatoms. The molecule has 4 rings (SSSR count). The summed E-state index contributed by atoms with van der Waals surface area (Å²) in [6, 6.07) is 12.7. The van der Waals surface area contributed by atoms with Gasteiger partial charge in [-0.15, -0.1) is 0 Å². The number of hydrogen-bond acceptors (Lipinski definition) is 9. The summed E-state index contributed by atoms with van der Waals surface area (Å²) in [6.07, 6.45) is 4.75. The van der Waals surface area contributed by atoms with Crippen LogP contribution in [0.2, 0.25) is 0 Å². The number of amides is 1. The molecule has 3 N–H and O–H groups in total. The third kappa shape index (κ3) is 7.96. The summed E-state index contributed by atoms with van der Waals surface area (Å²) in [5.74, 6) is 1.30. The van der Waals surface area contributed by atoms with Gasteiger partial charge in [-0.2, -0.15) is 0 Å². The number of benzene rings is 2. The molecule has 0 unspecified atom stereocenters. The molecule has 2 aromatic carbocycles. The number of carbonyl (C=O) groups excluding carboxylic acids is 1. The zero-order valence-electron chi connectivity index (χ0n) is 24.3. The first-order valence-corrected chi connectivity index (χ1v) is 14.8. The molecule has 0 saturated carbocycles. The molecule has 0 aliphatic rings. The normalized spacial score (nSPS) is 11.8. The predicted molar refractivity (Wildman–Crippen MR) is 160 cm³/mol. The van der Waals surface area contributed by atoms with Crippen molar-refractivity contribution in [3.63, 3.8) is 0 Å². The van der Waals surface area contributed by atoms with Gasteiger partial charge in [-0.05, 0) is 75.7 Å². The SMILES string of the molecule is COc1ccc(-c2cnc3c(Nc4ccc(S(=O)(=O)NCCOCCNC(=O)OC(C)(C)C)c(C)c4)nccn23)cc1. The third-order valence-corrected chi connectivity index (χ3v) is 7.62. The van der Waals surface area contributed by atoms with Crippen molar-refractivity contribution in [3.05, 3.63) is 66.6 Å². The Morgan fingerprint density at radius 2 is 1.76 bits per heavy atom. The Hall–Kier alpha value is -4.20. The fraction of sp³-hybridized carbons (Fsp3) is 0.345. The van der Waals surface area contributed by atoms with E-state index in [-0.39, 0.29) is 31.2 Å². The molecule has 4 aromatic rings. The van der Waals surface area contributed by atoms with Crippen LogP contribution in [0.25, 0.3) is 16.9 Å². The van der Waals surface area contributed by atoms with Gasteiger partial charge in [0.2, 0.25) is 10.0 Å². The summed E-state index contributed by atoms with van der Waals surface area (Å²) < 4.78 is 46.1. The third-order valence-electron chi connectivity index (χ3n) is 5.99. The molecule has 0 spiro atoms. The second-order valence-corrected chi connectivity index (χ2v) is 12.1. The maximum atomic E-state index is 12.9. The lowest BCUT2D eigenvalue weighted by Crippen LogP contribution is -2.34. The Labute approximate surface area is 245 Å². The molecule has 0 saturated heterocycles. The lowest BCUT2D eigenvalue weighted by molar-refractivity contribution is 0.0501. The Bertz CT molecular complexity index is 1630. The van der Waals surface area contributed by atoms with Gasteiger partial charge in [-0.25, -0.2) is 27.9 Å². The Morgan fingerprint density at radius 3 is 2.45 bits per heavy atom. The highest BCUT2D eigenvalue weighted by molar-refractivity contribution is 7.89. The van der Waals surface area contributed by atoms with E-state index in [0.717, 1.165) is 17.0 Å². The summed E-state index contributed by atoms with van der Waals surface area (Å²) in [6.45, 7) is 7.75. The van der Waals surface area contributed by atoms with Crippen molar-refractivity contribution in [2.45, 2.75) is 38.2 Å². The standard InChI is InChI=1S/C29H36N6O6S/c1-20-18-22(8-11-25(20)42(37,38)33-14-17-40-16-13-31-28(36)41-29(2,3)4)34-26-27-32-19-24(35(27)15-12-30-26)21-6-9-23(39-5)10-7-21/h6-12,15,18-19,33H,13-14,16-17H2,1-5H3,(H,30,34)(H,31,36). The molecule has 12 nitrogen and oxygen atoms in total. The fourth-order valence-corrected chi connectivity index (χ4v) is 5.35. The number of sulfonamides is 1. The first-order chi connectivity index (χ1) is 20.0. The number of hydrogen-bond donors (Lipinski definition) is 3. The largest absolute Gasteiger partial charge is 0.497 e. The number of ether oxygens (including phenoxy) is 3. The fourth-order valence-electron chi connectivity index (χ4n) is 4.12. The highest BCUT2D eigenvalue weighted by Gasteiger charge is 2.18. The van der Waals surface area contributed by atoms with Crippen LogP contribution in [0.1, 0.15) is 26.3 Å². The van der Waals surface area contributed by atoms with Crippen molar-refractivity contribution in [1.29, 1.82) is 0 Å². The van der Waals surface area contributed by atoms with Crippen molar-refractivity contribution in [2.24, 2.45) is 0 Å². The van der Waals surface area contributed by atoms with Crippen LogP contribution in [0.4, 0.5) is 16.3 Å².